The van der Waals surface area contributed by atoms with Crippen LogP contribution in [0.4, 0.5) is 0 Å². The lowest BCUT2D eigenvalue weighted by atomic mass is 9.96. The van der Waals surface area contributed by atoms with Crippen LogP contribution in [0.15, 0.2) is 94.4 Å². The Labute approximate surface area is 211 Å². The fraction of sp³-hybridized carbons (Fsp3) is 0.143. The number of hydrogen-bond donors (Lipinski definition) is 0. The first kappa shape index (κ1) is 24.8. The highest BCUT2D eigenvalue weighted by molar-refractivity contribution is 7.07. The summed E-state index contributed by atoms with van der Waals surface area (Å²) in [4.78, 5) is 42.9. The summed E-state index contributed by atoms with van der Waals surface area (Å²) in [5.74, 6) is -0.659. The van der Waals surface area contributed by atoms with Crippen molar-refractivity contribution in [2.45, 2.75) is 19.9 Å². The van der Waals surface area contributed by atoms with Gasteiger partial charge in [0, 0.05) is 6.92 Å². The molecule has 0 saturated carbocycles. The van der Waals surface area contributed by atoms with Gasteiger partial charge in [0.15, 0.2) is 4.80 Å². The van der Waals surface area contributed by atoms with Crippen LogP contribution in [0.5, 0.6) is 5.75 Å². The summed E-state index contributed by atoms with van der Waals surface area (Å²) in [6.45, 7) is 6.66. The van der Waals surface area contributed by atoms with Crippen molar-refractivity contribution >= 4 is 35.4 Å². The summed E-state index contributed by atoms with van der Waals surface area (Å²) in [5.41, 5.74) is 2.11. The second-order valence-electron chi connectivity index (χ2n) is 7.92. The summed E-state index contributed by atoms with van der Waals surface area (Å²) in [6, 6.07) is 15.7. The van der Waals surface area contributed by atoms with Gasteiger partial charge in [-0.15, -0.1) is 0 Å². The second kappa shape index (κ2) is 11.0. The number of ether oxygens (including phenoxy) is 2. The average Bonchev–Trinajstić information content (AvgIpc) is 3.17. The fourth-order valence-corrected chi connectivity index (χ4v) is 4.82. The van der Waals surface area contributed by atoms with Gasteiger partial charge in [0.25, 0.3) is 5.56 Å². The number of thiazole rings is 1. The Morgan fingerprint density at radius 1 is 1.14 bits per heavy atom. The first-order valence-electron chi connectivity index (χ1n) is 11.2. The van der Waals surface area contributed by atoms with Gasteiger partial charge in [0.1, 0.15) is 12.4 Å². The molecule has 0 bridgehead atoms. The van der Waals surface area contributed by atoms with E-state index < -0.39 is 18.0 Å². The van der Waals surface area contributed by atoms with Crippen molar-refractivity contribution in [2.24, 2.45) is 4.99 Å². The molecule has 0 aliphatic carbocycles. The van der Waals surface area contributed by atoms with Crippen LogP contribution in [0, 0.1) is 0 Å². The van der Waals surface area contributed by atoms with Crippen LogP contribution in [0.25, 0.3) is 12.2 Å². The third-order valence-corrected chi connectivity index (χ3v) is 6.37. The van der Waals surface area contributed by atoms with Crippen LogP contribution in [0.1, 0.15) is 31.0 Å². The molecule has 7 nitrogen and oxygen atoms in total. The van der Waals surface area contributed by atoms with Crippen molar-refractivity contribution in [3.63, 3.8) is 0 Å². The van der Waals surface area contributed by atoms with Crippen LogP contribution in [0.3, 0.4) is 0 Å². The van der Waals surface area contributed by atoms with E-state index in [4.69, 9.17) is 9.47 Å². The minimum atomic E-state index is -0.759. The Hall–Kier alpha value is -4.30. The molecule has 2 aromatic carbocycles. The number of benzene rings is 2. The number of fused-ring (bicyclic) bond motifs is 1. The van der Waals surface area contributed by atoms with E-state index in [1.54, 1.807) is 37.3 Å². The van der Waals surface area contributed by atoms with Crippen molar-refractivity contribution in [1.29, 1.82) is 0 Å². The molecule has 1 aliphatic heterocycles. The van der Waals surface area contributed by atoms with Crippen LogP contribution in [0.2, 0.25) is 0 Å². The number of hydrogen-bond acceptors (Lipinski definition) is 7. The van der Waals surface area contributed by atoms with E-state index >= 15 is 0 Å². The molecule has 1 aromatic heterocycles. The molecule has 8 heteroatoms. The number of esters is 2. The summed E-state index contributed by atoms with van der Waals surface area (Å²) in [7, 11) is 0. The van der Waals surface area contributed by atoms with Gasteiger partial charge in [-0.2, -0.15) is 0 Å². The van der Waals surface area contributed by atoms with Gasteiger partial charge in [0.05, 0.1) is 21.8 Å². The standard InChI is InChI=1S/C28H24N2O5S/c1-4-17-34-27(33)24-18(2)29-28-30(25(24)21-13-15-22(16-14-21)35-19(3)31)26(32)23(36-28)12-8-11-20-9-6-5-7-10-20/h4-16,25H,1,17H2,2-3H3/b11-8+,23-12-. The lowest BCUT2D eigenvalue weighted by molar-refractivity contribution is -0.138. The third kappa shape index (κ3) is 5.34. The number of allylic oxidation sites excluding steroid dienone is 2. The maximum atomic E-state index is 13.5. The second-order valence-corrected chi connectivity index (χ2v) is 8.93. The SMILES string of the molecule is C=CCOC(=O)C1=C(C)N=c2s/c(=C\C=C\c3ccccc3)c(=O)n2C1c1ccc(OC(C)=O)cc1. The highest BCUT2D eigenvalue weighted by Gasteiger charge is 2.33. The third-order valence-electron chi connectivity index (χ3n) is 5.37. The maximum Gasteiger partial charge on any atom is 0.338 e. The number of rotatable bonds is 7. The lowest BCUT2D eigenvalue weighted by Crippen LogP contribution is -2.39. The smallest absolute Gasteiger partial charge is 0.338 e. The van der Waals surface area contributed by atoms with Gasteiger partial charge in [-0.3, -0.25) is 14.2 Å². The molecule has 36 heavy (non-hydrogen) atoms. The Morgan fingerprint density at radius 2 is 1.86 bits per heavy atom. The van der Waals surface area contributed by atoms with E-state index in [1.807, 2.05) is 42.5 Å². The van der Waals surface area contributed by atoms with Crippen molar-refractivity contribution in [2.75, 3.05) is 6.61 Å². The van der Waals surface area contributed by atoms with E-state index in [-0.39, 0.29) is 17.7 Å². The first-order chi connectivity index (χ1) is 17.4. The molecule has 1 atom stereocenters. The molecular formula is C28H24N2O5S. The van der Waals surface area contributed by atoms with Crippen molar-refractivity contribution in [3.8, 4) is 5.75 Å². The Kier molecular flexibility index (Phi) is 7.56. The first-order valence-corrected chi connectivity index (χ1v) is 12.0. The van der Waals surface area contributed by atoms with Crippen LogP contribution in [-0.4, -0.2) is 23.1 Å². The average molecular weight is 501 g/mol. The van der Waals surface area contributed by atoms with Crippen LogP contribution >= 0.6 is 11.3 Å². The summed E-state index contributed by atoms with van der Waals surface area (Å²) >= 11 is 1.25. The van der Waals surface area contributed by atoms with E-state index in [0.717, 1.165) is 5.56 Å². The summed E-state index contributed by atoms with van der Waals surface area (Å²) in [6.07, 6.45) is 6.95. The van der Waals surface area contributed by atoms with E-state index in [9.17, 15) is 14.4 Å². The molecule has 182 valence electrons. The van der Waals surface area contributed by atoms with Crippen molar-refractivity contribution in [3.05, 3.63) is 115 Å². The Balaban J connectivity index is 1.82. The normalized spacial score (nSPS) is 15.4. The molecule has 0 N–H and O–H groups in total. The van der Waals surface area contributed by atoms with Gasteiger partial charge in [-0.25, -0.2) is 9.79 Å². The van der Waals surface area contributed by atoms with Crippen LogP contribution in [-0.2, 0) is 14.3 Å². The zero-order valence-electron chi connectivity index (χ0n) is 19.8. The minimum Gasteiger partial charge on any atom is -0.458 e. The largest absolute Gasteiger partial charge is 0.458 e. The lowest BCUT2D eigenvalue weighted by Gasteiger charge is -2.24. The summed E-state index contributed by atoms with van der Waals surface area (Å²) in [5, 5.41) is 0. The van der Waals surface area contributed by atoms with E-state index in [0.29, 0.717) is 26.3 Å². The number of aromatic nitrogens is 1. The molecule has 0 spiro atoms. The molecule has 1 unspecified atom stereocenters. The zero-order chi connectivity index (χ0) is 25.7. The highest BCUT2D eigenvalue weighted by atomic mass is 32.1. The Morgan fingerprint density at radius 3 is 2.53 bits per heavy atom. The predicted octanol–water partition coefficient (Wildman–Crippen LogP) is 3.55. The van der Waals surface area contributed by atoms with Crippen LogP contribution < -0.4 is 19.6 Å². The van der Waals surface area contributed by atoms with E-state index in [2.05, 4.69) is 11.6 Å². The van der Waals surface area contributed by atoms with Gasteiger partial charge in [-0.05, 0) is 36.3 Å². The topological polar surface area (TPSA) is 87.0 Å². The molecule has 4 rings (SSSR count). The fourth-order valence-electron chi connectivity index (χ4n) is 3.82. The van der Waals surface area contributed by atoms with Crippen molar-refractivity contribution in [1.82, 2.24) is 4.57 Å². The van der Waals surface area contributed by atoms with Crippen molar-refractivity contribution < 1.29 is 19.1 Å². The van der Waals surface area contributed by atoms with Gasteiger partial charge < -0.3 is 9.47 Å². The molecular weight excluding hydrogens is 476 g/mol. The molecule has 1 aliphatic rings. The van der Waals surface area contributed by atoms with Gasteiger partial charge in [0.2, 0.25) is 0 Å². The monoisotopic (exact) mass is 500 g/mol. The molecule has 2 heterocycles. The van der Waals surface area contributed by atoms with E-state index in [1.165, 1.54) is 28.9 Å². The molecule has 3 aromatic rings. The quantitative estimate of drug-likeness (QED) is 0.281. The molecule has 0 amide bonds. The van der Waals surface area contributed by atoms with Gasteiger partial charge >= 0.3 is 11.9 Å². The number of carbonyl (C=O) groups excluding carboxylic acids is 2. The molecule has 0 radical (unpaired) electrons. The zero-order valence-corrected chi connectivity index (χ0v) is 20.7. The predicted molar refractivity (Wildman–Crippen MR) is 139 cm³/mol. The van der Waals surface area contributed by atoms with Gasteiger partial charge in [-0.1, -0.05) is 78.6 Å². The number of carbonyl (C=O) groups is 2. The maximum absolute atomic E-state index is 13.5. The molecule has 0 saturated heterocycles. The summed E-state index contributed by atoms with van der Waals surface area (Å²) < 4.78 is 12.4. The Bertz CT molecular complexity index is 1540. The number of nitrogens with zero attached hydrogens (tertiary/aromatic N) is 2. The molecule has 0 fully saturated rings. The highest BCUT2D eigenvalue weighted by Crippen LogP contribution is 2.31. The minimum absolute atomic E-state index is 0.0302.